The first-order valence-electron chi connectivity index (χ1n) is 7.31. The van der Waals surface area contributed by atoms with Gasteiger partial charge in [-0.15, -0.1) is 11.3 Å². The third kappa shape index (κ3) is 3.92. The summed E-state index contributed by atoms with van der Waals surface area (Å²) in [5.74, 6) is 0.0425. The van der Waals surface area contributed by atoms with Crippen molar-refractivity contribution in [1.29, 1.82) is 0 Å². The molecule has 118 valence electrons. The first kappa shape index (κ1) is 16.0. The van der Waals surface area contributed by atoms with E-state index in [-0.39, 0.29) is 5.91 Å². The van der Waals surface area contributed by atoms with E-state index in [4.69, 9.17) is 0 Å². The first-order valence-corrected chi connectivity index (χ1v) is 8.98. The van der Waals surface area contributed by atoms with Gasteiger partial charge in [0.05, 0.1) is 13.1 Å². The van der Waals surface area contributed by atoms with E-state index >= 15 is 0 Å². The molecule has 23 heavy (non-hydrogen) atoms. The summed E-state index contributed by atoms with van der Waals surface area (Å²) < 4.78 is 2.97. The third-order valence-electron chi connectivity index (χ3n) is 3.69. The van der Waals surface area contributed by atoms with Crippen LogP contribution in [0.3, 0.4) is 0 Å². The molecule has 5 heteroatoms. The van der Waals surface area contributed by atoms with Crippen LogP contribution in [-0.4, -0.2) is 15.4 Å². The van der Waals surface area contributed by atoms with Gasteiger partial charge in [0.1, 0.15) is 0 Å². The zero-order chi connectivity index (χ0) is 16.2. The van der Waals surface area contributed by atoms with Gasteiger partial charge in [0, 0.05) is 33.9 Å². The van der Waals surface area contributed by atoms with E-state index in [0.29, 0.717) is 18.7 Å². The van der Waals surface area contributed by atoms with Crippen molar-refractivity contribution in [3.05, 3.63) is 80.7 Å². The quantitative estimate of drug-likeness (QED) is 0.622. The molecule has 3 nitrogen and oxygen atoms in total. The highest BCUT2D eigenvalue weighted by Gasteiger charge is 2.18. The maximum Gasteiger partial charge on any atom is 0.254 e. The van der Waals surface area contributed by atoms with E-state index in [1.807, 2.05) is 59.9 Å². The lowest BCUT2D eigenvalue weighted by molar-refractivity contribution is 0.0728. The Kier molecular flexibility index (Phi) is 4.98. The van der Waals surface area contributed by atoms with Crippen molar-refractivity contribution < 1.29 is 4.79 Å². The van der Waals surface area contributed by atoms with E-state index in [0.717, 1.165) is 10.2 Å². The molecule has 0 spiro atoms. The molecule has 0 aliphatic rings. The highest BCUT2D eigenvalue weighted by Crippen LogP contribution is 2.19. The lowest BCUT2D eigenvalue weighted by atomic mass is 10.2. The lowest BCUT2D eigenvalue weighted by Gasteiger charge is -2.23. The predicted octanol–water partition coefficient (Wildman–Crippen LogP) is 4.69. The second kappa shape index (κ2) is 7.15. The van der Waals surface area contributed by atoms with Crippen molar-refractivity contribution in [1.82, 2.24) is 9.47 Å². The number of benzene rings is 1. The smallest absolute Gasteiger partial charge is 0.254 e. The number of hydrogen-bond acceptors (Lipinski definition) is 2. The number of carbonyl (C=O) groups is 1. The summed E-state index contributed by atoms with van der Waals surface area (Å²) >= 11 is 5.11. The van der Waals surface area contributed by atoms with Gasteiger partial charge in [-0.25, -0.2) is 0 Å². The van der Waals surface area contributed by atoms with Gasteiger partial charge in [0.15, 0.2) is 0 Å². The summed E-state index contributed by atoms with van der Waals surface area (Å²) in [5.41, 5.74) is 1.81. The number of halogens is 1. The molecule has 2 aromatic heterocycles. The molecule has 1 amide bonds. The van der Waals surface area contributed by atoms with Crippen LogP contribution in [0.2, 0.25) is 0 Å². The third-order valence-corrected chi connectivity index (χ3v) is 5.04. The Bertz CT molecular complexity index is 795. The van der Waals surface area contributed by atoms with Crippen LogP contribution in [0.25, 0.3) is 0 Å². The molecule has 0 atom stereocenters. The Morgan fingerprint density at radius 2 is 2.04 bits per heavy atom. The molecule has 0 unspecified atom stereocenters. The van der Waals surface area contributed by atoms with Gasteiger partial charge in [-0.1, -0.05) is 28.1 Å². The molecular weight excluding hydrogens is 372 g/mol. The number of carbonyl (C=O) groups excluding carboxylic acids is 1. The Morgan fingerprint density at radius 3 is 2.70 bits per heavy atom. The van der Waals surface area contributed by atoms with Gasteiger partial charge in [0.25, 0.3) is 5.91 Å². The molecule has 2 heterocycles. The SMILES string of the molecule is Cn1cccc1CN(Cc1cccs1)C(=O)c1cccc(Br)c1. The summed E-state index contributed by atoms with van der Waals surface area (Å²) in [4.78, 5) is 16.0. The highest BCUT2D eigenvalue weighted by atomic mass is 79.9. The fraction of sp³-hybridized carbons (Fsp3) is 0.167. The number of nitrogens with zero attached hydrogens (tertiary/aromatic N) is 2. The number of thiophene rings is 1. The Labute approximate surface area is 148 Å². The number of hydrogen-bond donors (Lipinski definition) is 0. The number of rotatable bonds is 5. The minimum Gasteiger partial charge on any atom is -0.353 e. The molecule has 3 aromatic rings. The molecule has 0 bridgehead atoms. The summed E-state index contributed by atoms with van der Waals surface area (Å²) in [5, 5.41) is 2.04. The van der Waals surface area contributed by atoms with Crippen molar-refractivity contribution >= 4 is 33.2 Å². The molecule has 0 aliphatic carbocycles. The second-order valence-electron chi connectivity index (χ2n) is 5.36. The largest absolute Gasteiger partial charge is 0.353 e. The van der Waals surface area contributed by atoms with Gasteiger partial charge in [-0.2, -0.15) is 0 Å². The maximum atomic E-state index is 13.0. The van der Waals surface area contributed by atoms with Crippen LogP contribution in [-0.2, 0) is 20.1 Å². The highest BCUT2D eigenvalue weighted by molar-refractivity contribution is 9.10. The predicted molar refractivity (Wildman–Crippen MR) is 97.5 cm³/mol. The normalized spacial score (nSPS) is 10.7. The van der Waals surface area contributed by atoms with Crippen molar-refractivity contribution in [2.24, 2.45) is 7.05 Å². The Morgan fingerprint density at radius 1 is 1.17 bits per heavy atom. The minimum absolute atomic E-state index is 0.0425. The van der Waals surface area contributed by atoms with E-state index in [1.54, 1.807) is 11.3 Å². The molecular formula is C18H17BrN2OS. The van der Waals surface area contributed by atoms with Crippen LogP contribution in [0.15, 0.2) is 64.6 Å². The van der Waals surface area contributed by atoms with Gasteiger partial charge in [0.2, 0.25) is 0 Å². The van der Waals surface area contributed by atoms with Gasteiger partial charge < -0.3 is 9.47 Å². The van der Waals surface area contributed by atoms with Gasteiger partial charge in [-0.3, -0.25) is 4.79 Å². The maximum absolute atomic E-state index is 13.0. The summed E-state index contributed by atoms with van der Waals surface area (Å²) in [6.45, 7) is 1.21. The fourth-order valence-corrected chi connectivity index (χ4v) is 3.57. The van der Waals surface area contributed by atoms with Crippen molar-refractivity contribution in [2.75, 3.05) is 0 Å². The van der Waals surface area contributed by atoms with Crippen LogP contribution in [0.4, 0.5) is 0 Å². The monoisotopic (exact) mass is 388 g/mol. The first-order chi connectivity index (χ1) is 11.1. The van der Waals surface area contributed by atoms with E-state index in [2.05, 4.69) is 32.6 Å². The molecule has 0 N–H and O–H groups in total. The van der Waals surface area contributed by atoms with Gasteiger partial charge in [-0.05, 0) is 41.8 Å². The lowest BCUT2D eigenvalue weighted by Crippen LogP contribution is -2.30. The number of aromatic nitrogens is 1. The van der Waals surface area contributed by atoms with Crippen LogP contribution in [0.5, 0.6) is 0 Å². The van der Waals surface area contributed by atoms with Crippen LogP contribution >= 0.6 is 27.3 Å². The van der Waals surface area contributed by atoms with E-state index in [9.17, 15) is 4.79 Å². The molecule has 0 radical (unpaired) electrons. The Balaban J connectivity index is 1.87. The zero-order valence-electron chi connectivity index (χ0n) is 12.8. The average molecular weight is 389 g/mol. The average Bonchev–Trinajstić information content (AvgIpc) is 3.18. The molecule has 0 fully saturated rings. The molecule has 0 saturated heterocycles. The summed E-state index contributed by atoms with van der Waals surface area (Å²) in [6, 6.07) is 15.7. The molecule has 0 saturated carbocycles. The number of aryl methyl sites for hydroxylation is 1. The van der Waals surface area contributed by atoms with Gasteiger partial charge >= 0.3 is 0 Å². The Hall–Kier alpha value is -1.85. The molecule has 1 aromatic carbocycles. The van der Waals surface area contributed by atoms with E-state index < -0.39 is 0 Å². The topological polar surface area (TPSA) is 25.2 Å². The van der Waals surface area contributed by atoms with Crippen LogP contribution in [0, 0.1) is 0 Å². The van der Waals surface area contributed by atoms with E-state index in [1.165, 1.54) is 4.88 Å². The van der Waals surface area contributed by atoms with Crippen LogP contribution < -0.4 is 0 Å². The second-order valence-corrected chi connectivity index (χ2v) is 7.31. The number of amides is 1. The molecule has 3 rings (SSSR count). The van der Waals surface area contributed by atoms with Crippen LogP contribution in [0.1, 0.15) is 20.9 Å². The molecule has 0 aliphatic heterocycles. The standard InChI is InChI=1S/C18H17BrN2OS/c1-20-9-3-7-16(20)12-21(13-17-8-4-10-23-17)18(22)14-5-2-6-15(19)11-14/h2-11H,12-13H2,1H3. The van der Waals surface area contributed by atoms with Crippen molar-refractivity contribution in [3.8, 4) is 0 Å². The fourth-order valence-electron chi connectivity index (χ4n) is 2.45. The minimum atomic E-state index is 0.0425. The summed E-state index contributed by atoms with van der Waals surface area (Å²) in [6.07, 6.45) is 2.00. The zero-order valence-corrected chi connectivity index (χ0v) is 15.2. The summed E-state index contributed by atoms with van der Waals surface area (Å²) in [7, 11) is 2.00. The van der Waals surface area contributed by atoms with Crippen molar-refractivity contribution in [2.45, 2.75) is 13.1 Å². The van der Waals surface area contributed by atoms with Crippen molar-refractivity contribution in [3.63, 3.8) is 0 Å².